The molecule has 1 unspecified atom stereocenters. The molecule has 3 atom stereocenters. The van der Waals surface area contributed by atoms with E-state index < -0.39 is 22.9 Å². The zero-order valence-corrected chi connectivity index (χ0v) is 19.8. The molecule has 1 saturated carbocycles. The van der Waals surface area contributed by atoms with Crippen molar-refractivity contribution in [2.75, 3.05) is 12.0 Å². The second-order valence-electron chi connectivity index (χ2n) is 8.82. The molecule has 3 N–H and O–H groups in total. The Bertz CT molecular complexity index is 1490. The number of aliphatic imine (C=N–C) groups is 1. The lowest BCUT2D eigenvalue weighted by Crippen LogP contribution is -2.37. The number of hydrogen-bond acceptors (Lipinski definition) is 11. The molecule has 4 aromatic heterocycles. The fourth-order valence-corrected chi connectivity index (χ4v) is 5.97. The fourth-order valence-electron chi connectivity index (χ4n) is 4.64. The highest BCUT2D eigenvalue weighted by atomic mass is 32.2. The second-order valence-corrected chi connectivity index (χ2v) is 10.3. The van der Waals surface area contributed by atoms with Crippen LogP contribution in [0.25, 0.3) is 11.0 Å². The molecular weight excluding hydrogens is 490 g/mol. The first-order valence-electron chi connectivity index (χ1n) is 11.1. The van der Waals surface area contributed by atoms with Gasteiger partial charge in [0, 0.05) is 17.5 Å². The first-order valence-corrected chi connectivity index (χ1v) is 11.9. The Labute approximate surface area is 207 Å². The van der Waals surface area contributed by atoms with Gasteiger partial charge in [-0.15, -0.1) is 0 Å². The lowest BCUT2D eigenvalue weighted by Gasteiger charge is -2.33. The lowest BCUT2D eigenvalue weighted by atomic mass is 9.86. The number of amidine groups is 1. The van der Waals surface area contributed by atoms with Crippen LogP contribution in [0, 0.1) is 11.9 Å². The van der Waals surface area contributed by atoms with Gasteiger partial charge in [0.2, 0.25) is 11.8 Å². The minimum atomic E-state index is -1.03. The zero-order chi connectivity index (χ0) is 24.9. The maximum Gasteiger partial charge on any atom is 0.232 e. The van der Waals surface area contributed by atoms with Crippen LogP contribution in [0.5, 0.6) is 5.75 Å². The molecule has 0 spiro atoms. The third-order valence-electron chi connectivity index (χ3n) is 6.52. The van der Waals surface area contributed by atoms with Crippen LogP contribution in [0.3, 0.4) is 0 Å². The summed E-state index contributed by atoms with van der Waals surface area (Å²) in [4.78, 5) is 25.4. The minimum absolute atomic E-state index is 0.148. The van der Waals surface area contributed by atoms with Gasteiger partial charge in [-0.25, -0.2) is 29.3 Å². The van der Waals surface area contributed by atoms with Gasteiger partial charge in [0.1, 0.15) is 30.5 Å². The second kappa shape index (κ2) is 8.36. The van der Waals surface area contributed by atoms with Gasteiger partial charge in [-0.3, -0.25) is 4.99 Å². The van der Waals surface area contributed by atoms with Crippen LogP contribution in [-0.4, -0.2) is 41.5 Å². The predicted molar refractivity (Wildman–Crippen MR) is 129 cm³/mol. The Hall–Kier alpha value is -3.87. The number of aromatic nitrogens is 5. The van der Waals surface area contributed by atoms with E-state index in [1.165, 1.54) is 42.9 Å². The van der Waals surface area contributed by atoms with Crippen molar-refractivity contribution in [3.8, 4) is 5.75 Å². The van der Waals surface area contributed by atoms with E-state index in [0.717, 1.165) is 0 Å². The molecule has 4 aromatic rings. The molecule has 0 aromatic carbocycles. The molecule has 0 amide bonds. The van der Waals surface area contributed by atoms with Gasteiger partial charge >= 0.3 is 0 Å². The molecule has 0 saturated heterocycles. The smallest absolute Gasteiger partial charge is 0.232 e. The number of oxazole rings is 1. The first-order chi connectivity index (χ1) is 17.4. The van der Waals surface area contributed by atoms with Gasteiger partial charge < -0.3 is 20.2 Å². The molecule has 0 bridgehead atoms. The molecule has 13 heteroatoms. The monoisotopic (exact) mass is 510 g/mol. The van der Waals surface area contributed by atoms with Gasteiger partial charge in [0.25, 0.3) is 0 Å². The van der Waals surface area contributed by atoms with Gasteiger partial charge in [-0.2, -0.15) is 4.39 Å². The first kappa shape index (κ1) is 22.6. The van der Waals surface area contributed by atoms with E-state index in [4.69, 9.17) is 14.9 Å². The topological polar surface area (TPSA) is 137 Å². The number of thioether (sulfide) groups is 1. The summed E-state index contributed by atoms with van der Waals surface area (Å²) < 4.78 is 38.9. The average molecular weight is 511 g/mol. The summed E-state index contributed by atoms with van der Waals surface area (Å²) in [5, 5.41) is 3.38. The maximum atomic E-state index is 14.9. The summed E-state index contributed by atoms with van der Waals surface area (Å²) in [7, 11) is 0. The van der Waals surface area contributed by atoms with Crippen LogP contribution < -0.4 is 15.8 Å². The Morgan fingerprint density at radius 1 is 1.22 bits per heavy atom. The lowest BCUT2D eigenvalue weighted by molar-refractivity contribution is 0.262. The summed E-state index contributed by atoms with van der Waals surface area (Å²) in [6, 6.07) is 3.33. The number of fused-ring (bicyclic) bond motifs is 2. The van der Waals surface area contributed by atoms with Crippen molar-refractivity contribution in [3.63, 3.8) is 0 Å². The highest BCUT2D eigenvalue weighted by Crippen LogP contribution is 2.66. The largest absolute Gasteiger partial charge is 0.482 e. The van der Waals surface area contributed by atoms with Gasteiger partial charge in [-0.1, -0.05) is 11.8 Å². The van der Waals surface area contributed by atoms with E-state index in [1.54, 1.807) is 19.1 Å². The highest BCUT2D eigenvalue weighted by molar-refractivity contribution is 8.15. The van der Waals surface area contributed by atoms with Crippen molar-refractivity contribution in [3.05, 3.63) is 60.7 Å². The van der Waals surface area contributed by atoms with Crippen molar-refractivity contribution in [1.82, 2.24) is 24.9 Å². The zero-order valence-electron chi connectivity index (χ0n) is 19.0. The maximum absolute atomic E-state index is 14.9. The Balaban J connectivity index is 1.29. The van der Waals surface area contributed by atoms with E-state index in [0.29, 0.717) is 40.6 Å². The van der Waals surface area contributed by atoms with E-state index in [2.05, 4.69) is 35.2 Å². The number of alkyl halides is 1. The Morgan fingerprint density at radius 3 is 2.92 bits per heavy atom. The van der Waals surface area contributed by atoms with Crippen molar-refractivity contribution in [2.45, 2.75) is 30.2 Å². The van der Waals surface area contributed by atoms with Crippen LogP contribution >= 0.6 is 11.8 Å². The van der Waals surface area contributed by atoms with Crippen molar-refractivity contribution < 1.29 is 17.9 Å². The molecule has 1 aliphatic carbocycles. The van der Waals surface area contributed by atoms with E-state index in [1.807, 2.05) is 0 Å². The number of halogens is 2. The molecule has 0 radical (unpaired) electrons. The number of pyridine rings is 2. The number of nitrogens with zero attached hydrogens (tertiary/aromatic N) is 6. The van der Waals surface area contributed by atoms with Crippen LogP contribution in [0.2, 0.25) is 0 Å². The number of ether oxygens (including phenoxy) is 1. The summed E-state index contributed by atoms with van der Waals surface area (Å²) in [5.41, 5.74) is 6.70. The van der Waals surface area contributed by atoms with Crippen molar-refractivity contribution >= 4 is 39.5 Å². The summed E-state index contributed by atoms with van der Waals surface area (Å²) in [6.45, 7) is 1.37. The molecule has 10 nitrogen and oxygen atoms in total. The molecular formula is C23H20F2N8O2S. The number of rotatable bonds is 7. The molecule has 5 heterocycles. The normalized spacial score (nSPS) is 24.8. The molecule has 1 aliphatic heterocycles. The van der Waals surface area contributed by atoms with Gasteiger partial charge in [-0.05, 0) is 19.4 Å². The van der Waals surface area contributed by atoms with Crippen molar-refractivity contribution in [2.24, 2.45) is 16.6 Å². The van der Waals surface area contributed by atoms with Gasteiger partial charge in [0.05, 0.1) is 40.1 Å². The highest BCUT2D eigenvalue weighted by Gasteiger charge is 2.67. The molecule has 2 aliphatic rings. The summed E-state index contributed by atoms with van der Waals surface area (Å²) in [6.07, 6.45) is 7.84. The SMILES string of the molecule is C[C@]1(c2cc(Nc3ncnc4cc(OCc5ncco5)cnc34)cnc2F)N=C(N)S[C@@]2(CF)CC21. The van der Waals surface area contributed by atoms with E-state index in [-0.39, 0.29) is 23.3 Å². The number of anilines is 2. The average Bonchev–Trinajstić information content (AvgIpc) is 3.38. The number of hydrogen-bond donors (Lipinski definition) is 2. The number of nitrogens with one attached hydrogen (secondary N) is 1. The number of nitrogens with two attached hydrogens (primary N) is 1. The Morgan fingerprint density at radius 2 is 2.11 bits per heavy atom. The van der Waals surface area contributed by atoms with Gasteiger partial charge in [0.15, 0.2) is 17.6 Å². The molecule has 184 valence electrons. The predicted octanol–water partition coefficient (Wildman–Crippen LogP) is 3.87. The third-order valence-corrected chi connectivity index (χ3v) is 7.79. The molecule has 6 rings (SSSR count). The molecule has 36 heavy (non-hydrogen) atoms. The van der Waals surface area contributed by atoms with E-state index in [9.17, 15) is 8.78 Å². The van der Waals surface area contributed by atoms with E-state index >= 15 is 0 Å². The Kier molecular flexibility index (Phi) is 5.25. The summed E-state index contributed by atoms with van der Waals surface area (Å²) in [5.74, 6) is 0.455. The van der Waals surface area contributed by atoms with Crippen LogP contribution in [0.15, 0.2) is 52.7 Å². The summed E-state index contributed by atoms with van der Waals surface area (Å²) >= 11 is 1.23. The molecule has 1 fully saturated rings. The van der Waals surface area contributed by atoms with Crippen LogP contribution in [0.1, 0.15) is 24.8 Å². The standard InChI is InChI=1S/C23H20F2N8O2S/c1-22(16-6-23(16,10-24)36-21(26)33-22)14-4-12(7-29-19(14)25)32-20-18-15(30-11-31-20)5-13(8-28-18)35-9-17-27-2-3-34-17/h2-5,7-8,11,16H,6,9-10H2,1H3,(H2,26,33)(H,30,31,32)/t16?,22-,23-/m1/s1. The third kappa shape index (κ3) is 3.79. The van der Waals surface area contributed by atoms with Crippen molar-refractivity contribution in [1.29, 1.82) is 0 Å². The fraction of sp³-hybridized carbons (Fsp3) is 0.304. The van der Waals surface area contributed by atoms with Crippen LogP contribution in [0.4, 0.5) is 20.3 Å². The van der Waals surface area contributed by atoms with Crippen LogP contribution in [-0.2, 0) is 12.1 Å². The minimum Gasteiger partial charge on any atom is -0.482 e. The quantitative estimate of drug-likeness (QED) is 0.352.